The van der Waals surface area contributed by atoms with Crippen LogP contribution >= 0.6 is 11.8 Å². The fraction of sp³-hybridized carbons (Fsp3) is 0.526. The largest absolute Gasteiger partial charge is 0.411 e. The maximum absolute atomic E-state index is 12.8. The van der Waals surface area contributed by atoms with Gasteiger partial charge in [0.05, 0.1) is 17.3 Å². The standard InChI is InChI=1S/C19H25N3O4S2/c1-3-4-9-22(16-8-10-28(24,25)13-16)17(23)12-27-19-21-20-18(26-19)15-7-5-6-14(2)11-15/h5-7,11,16H,3-4,8-10,12-13H2,1-2H3/t16-/m0/s1. The molecule has 1 aromatic carbocycles. The van der Waals surface area contributed by atoms with Crippen molar-refractivity contribution in [2.45, 2.75) is 44.4 Å². The average molecular weight is 424 g/mol. The molecule has 1 amide bonds. The van der Waals surface area contributed by atoms with Crippen molar-refractivity contribution in [3.05, 3.63) is 29.8 Å². The summed E-state index contributed by atoms with van der Waals surface area (Å²) in [5, 5.41) is 8.40. The van der Waals surface area contributed by atoms with Crippen LogP contribution in [0.5, 0.6) is 0 Å². The summed E-state index contributed by atoms with van der Waals surface area (Å²) in [7, 11) is -3.04. The van der Waals surface area contributed by atoms with Crippen LogP contribution in [0.2, 0.25) is 0 Å². The number of carbonyl (C=O) groups is 1. The first-order valence-electron chi connectivity index (χ1n) is 9.41. The molecule has 0 radical (unpaired) electrons. The van der Waals surface area contributed by atoms with E-state index in [9.17, 15) is 13.2 Å². The lowest BCUT2D eigenvalue weighted by molar-refractivity contribution is -0.130. The van der Waals surface area contributed by atoms with E-state index < -0.39 is 9.84 Å². The Bertz CT molecular complexity index is 927. The molecule has 1 saturated heterocycles. The van der Waals surface area contributed by atoms with E-state index in [1.807, 2.05) is 38.1 Å². The van der Waals surface area contributed by atoms with Gasteiger partial charge in [-0.2, -0.15) is 0 Å². The van der Waals surface area contributed by atoms with Crippen molar-refractivity contribution < 1.29 is 17.6 Å². The molecule has 0 aliphatic carbocycles. The molecule has 2 aromatic rings. The Morgan fingerprint density at radius 3 is 2.86 bits per heavy atom. The molecule has 1 atom stereocenters. The minimum atomic E-state index is -3.04. The van der Waals surface area contributed by atoms with Crippen molar-refractivity contribution in [1.29, 1.82) is 0 Å². The number of unbranched alkanes of at least 4 members (excludes halogenated alkanes) is 1. The van der Waals surface area contributed by atoms with Gasteiger partial charge in [0.15, 0.2) is 9.84 Å². The molecule has 1 aliphatic heterocycles. The Hall–Kier alpha value is -1.87. The summed E-state index contributed by atoms with van der Waals surface area (Å²) in [6, 6.07) is 7.54. The molecule has 0 spiro atoms. The SMILES string of the molecule is CCCCN(C(=O)CSc1nnc(-c2cccc(C)c2)o1)[C@H]1CCS(=O)(=O)C1. The Morgan fingerprint density at radius 2 is 2.18 bits per heavy atom. The number of thioether (sulfide) groups is 1. The Morgan fingerprint density at radius 1 is 1.36 bits per heavy atom. The molecule has 1 fully saturated rings. The van der Waals surface area contributed by atoms with Gasteiger partial charge >= 0.3 is 0 Å². The summed E-state index contributed by atoms with van der Waals surface area (Å²) >= 11 is 1.19. The zero-order chi connectivity index (χ0) is 20.1. The number of rotatable bonds is 8. The molecule has 0 unspecified atom stereocenters. The third-order valence-electron chi connectivity index (χ3n) is 4.71. The van der Waals surface area contributed by atoms with Crippen LogP contribution in [0, 0.1) is 6.92 Å². The highest BCUT2D eigenvalue weighted by Crippen LogP contribution is 2.25. The highest BCUT2D eigenvalue weighted by atomic mass is 32.2. The van der Waals surface area contributed by atoms with Crippen LogP contribution in [-0.2, 0) is 14.6 Å². The van der Waals surface area contributed by atoms with Gasteiger partial charge in [0.25, 0.3) is 5.22 Å². The molecule has 152 valence electrons. The van der Waals surface area contributed by atoms with Gasteiger partial charge in [0, 0.05) is 18.2 Å². The number of hydrogen-bond acceptors (Lipinski definition) is 7. The zero-order valence-electron chi connectivity index (χ0n) is 16.1. The molecule has 1 aliphatic rings. The lowest BCUT2D eigenvalue weighted by Crippen LogP contribution is -2.42. The molecule has 3 rings (SSSR count). The second-order valence-corrected chi connectivity index (χ2v) is 10.2. The van der Waals surface area contributed by atoms with E-state index in [1.54, 1.807) is 4.90 Å². The molecule has 1 aromatic heterocycles. The number of aryl methyl sites for hydroxylation is 1. The van der Waals surface area contributed by atoms with E-state index in [2.05, 4.69) is 10.2 Å². The number of sulfone groups is 1. The van der Waals surface area contributed by atoms with Crippen molar-refractivity contribution in [2.75, 3.05) is 23.8 Å². The third-order valence-corrected chi connectivity index (χ3v) is 7.27. The number of benzene rings is 1. The van der Waals surface area contributed by atoms with Crippen LogP contribution in [0.3, 0.4) is 0 Å². The van der Waals surface area contributed by atoms with E-state index in [1.165, 1.54) is 11.8 Å². The first-order valence-corrected chi connectivity index (χ1v) is 12.2. The molecule has 28 heavy (non-hydrogen) atoms. The predicted molar refractivity (Wildman–Crippen MR) is 109 cm³/mol. The number of aromatic nitrogens is 2. The molecule has 7 nitrogen and oxygen atoms in total. The third kappa shape index (κ3) is 5.35. The van der Waals surface area contributed by atoms with E-state index >= 15 is 0 Å². The van der Waals surface area contributed by atoms with Gasteiger partial charge in [-0.15, -0.1) is 10.2 Å². The number of carbonyl (C=O) groups excluding carboxylic acids is 1. The van der Waals surface area contributed by atoms with Crippen LogP contribution in [0.25, 0.3) is 11.5 Å². The minimum absolute atomic E-state index is 0.0607. The summed E-state index contributed by atoms with van der Waals surface area (Å²) in [6.45, 7) is 4.62. The number of amides is 1. The molecular formula is C19H25N3O4S2. The zero-order valence-corrected chi connectivity index (χ0v) is 17.8. The lowest BCUT2D eigenvalue weighted by atomic mass is 10.1. The lowest BCUT2D eigenvalue weighted by Gasteiger charge is -2.28. The van der Waals surface area contributed by atoms with Gasteiger partial charge in [-0.05, 0) is 31.9 Å². The van der Waals surface area contributed by atoms with Crippen LogP contribution < -0.4 is 0 Å². The maximum Gasteiger partial charge on any atom is 0.277 e. The van der Waals surface area contributed by atoms with E-state index in [-0.39, 0.29) is 29.2 Å². The van der Waals surface area contributed by atoms with Crippen LogP contribution in [0.4, 0.5) is 0 Å². The van der Waals surface area contributed by atoms with Crippen LogP contribution in [0.15, 0.2) is 33.9 Å². The summed E-state index contributed by atoms with van der Waals surface area (Å²) in [6.07, 6.45) is 2.31. The summed E-state index contributed by atoms with van der Waals surface area (Å²) in [5.41, 5.74) is 1.93. The predicted octanol–water partition coefficient (Wildman–Crippen LogP) is 2.95. The first kappa shape index (κ1) is 20.9. The Kier molecular flexibility index (Phi) is 6.77. The fourth-order valence-corrected chi connectivity index (χ4v) is 5.61. The van der Waals surface area contributed by atoms with Gasteiger partial charge in [-0.1, -0.05) is 42.8 Å². The average Bonchev–Trinajstić information content (AvgIpc) is 3.27. The molecule has 0 bridgehead atoms. The number of nitrogens with zero attached hydrogens (tertiary/aromatic N) is 3. The van der Waals surface area contributed by atoms with Gasteiger partial charge in [0.2, 0.25) is 11.8 Å². The summed E-state index contributed by atoms with van der Waals surface area (Å²) in [4.78, 5) is 14.5. The van der Waals surface area contributed by atoms with Crippen molar-refractivity contribution in [2.24, 2.45) is 0 Å². The highest BCUT2D eigenvalue weighted by molar-refractivity contribution is 7.99. The van der Waals surface area contributed by atoms with Gasteiger partial charge in [-0.3, -0.25) is 4.79 Å². The van der Waals surface area contributed by atoms with Crippen molar-refractivity contribution in [3.63, 3.8) is 0 Å². The van der Waals surface area contributed by atoms with E-state index in [0.717, 1.165) is 24.0 Å². The molecule has 0 saturated carbocycles. The van der Waals surface area contributed by atoms with Gasteiger partial charge < -0.3 is 9.32 Å². The molecule has 9 heteroatoms. The summed E-state index contributed by atoms with van der Waals surface area (Å²) < 4.78 is 29.3. The van der Waals surface area contributed by atoms with Crippen LogP contribution in [-0.4, -0.2) is 59.3 Å². The maximum atomic E-state index is 12.8. The number of hydrogen-bond donors (Lipinski definition) is 0. The van der Waals surface area contributed by atoms with Crippen molar-refractivity contribution in [3.8, 4) is 11.5 Å². The topological polar surface area (TPSA) is 93.4 Å². The second-order valence-electron chi connectivity index (χ2n) is 7.03. The molecule has 0 N–H and O–H groups in total. The van der Waals surface area contributed by atoms with Gasteiger partial charge in [0.1, 0.15) is 0 Å². The molecular weight excluding hydrogens is 398 g/mol. The monoisotopic (exact) mass is 423 g/mol. The van der Waals surface area contributed by atoms with Gasteiger partial charge in [-0.25, -0.2) is 8.42 Å². The van der Waals surface area contributed by atoms with Crippen LogP contribution in [0.1, 0.15) is 31.7 Å². The second kappa shape index (κ2) is 9.09. The van der Waals surface area contributed by atoms with Crippen molar-refractivity contribution >= 4 is 27.5 Å². The minimum Gasteiger partial charge on any atom is -0.411 e. The first-order chi connectivity index (χ1) is 13.4. The Balaban J connectivity index is 1.63. The normalized spacial score (nSPS) is 18.3. The van der Waals surface area contributed by atoms with E-state index in [4.69, 9.17) is 4.42 Å². The smallest absolute Gasteiger partial charge is 0.277 e. The molecule has 2 heterocycles. The van der Waals surface area contributed by atoms with E-state index in [0.29, 0.717) is 24.1 Å². The fourth-order valence-electron chi connectivity index (χ4n) is 3.23. The summed E-state index contributed by atoms with van der Waals surface area (Å²) in [5.74, 6) is 0.699. The Labute approximate surface area is 169 Å². The van der Waals surface area contributed by atoms with Crippen molar-refractivity contribution in [1.82, 2.24) is 15.1 Å². The quantitative estimate of drug-likeness (QED) is 0.603. The highest BCUT2D eigenvalue weighted by Gasteiger charge is 2.34.